The van der Waals surface area contributed by atoms with Crippen molar-refractivity contribution in [2.24, 2.45) is 0 Å². The van der Waals surface area contributed by atoms with E-state index in [0.717, 1.165) is 12.1 Å². The number of carbonyl (C=O) groups excluding carboxylic acids is 1. The van der Waals surface area contributed by atoms with Gasteiger partial charge in [0.05, 0.1) is 17.7 Å². The van der Waals surface area contributed by atoms with Crippen molar-refractivity contribution in [1.29, 1.82) is 0 Å². The fourth-order valence-corrected chi connectivity index (χ4v) is 2.82. The second-order valence-corrected chi connectivity index (χ2v) is 6.74. The third-order valence-corrected chi connectivity index (χ3v) is 4.45. The molecule has 0 aliphatic rings. The van der Waals surface area contributed by atoms with Gasteiger partial charge in [0.2, 0.25) is 5.88 Å². The van der Waals surface area contributed by atoms with Crippen LogP contribution in [0.15, 0.2) is 83.5 Å². The Labute approximate surface area is 180 Å². The number of hydrogen-bond acceptors (Lipinski definition) is 5. The molecule has 4 rings (SSSR count). The minimum Gasteiger partial charge on any atom is -0.439 e. The molecule has 2 aromatic heterocycles. The van der Waals surface area contributed by atoms with Crippen molar-refractivity contribution >= 4 is 5.91 Å². The van der Waals surface area contributed by atoms with Crippen LogP contribution in [-0.4, -0.2) is 16.0 Å². The number of benzene rings is 2. The summed E-state index contributed by atoms with van der Waals surface area (Å²) in [7, 11) is 0. The van der Waals surface area contributed by atoms with E-state index in [9.17, 15) is 18.0 Å². The van der Waals surface area contributed by atoms with Gasteiger partial charge in [0.25, 0.3) is 5.91 Å². The molecule has 0 atom stereocenters. The van der Waals surface area contributed by atoms with Gasteiger partial charge in [-0.3, -0.25) is 4.79 Å². The standard InChI is InChI=1S/C23H16F3N3O3/c24-23(25,26)17-9-6-15(7-10-17)20-12-19(32-29-20)14-28-22(30)16-8-11-21(27-13-16)31-18-4-2-1-3-5-18/h1-13H,14H2,(H,28,30). The van der Waals surface area contributed by atoms with Gasteiger partial charge in [-0.2, -0.15) is 13.2 Å². The second kappa shape index (κ2) is 8.93. The lowest BCUT2D eigenvalue weighted by Crippen LogP contribution is -2.22. The maximum Gasteiger partial charge on any atom is 0.416 e. The molecule has 0 fully saturated rings. The third kappa shape index (κ3) is 5.12. The van der Waals surface area contributed by atoms with Gasteiger partial charge in [-0.05, 0) is 30.3 Å². The highest BCUT2D eigenvalue weighted by Gasteiger charge is 2.30. The van der Waals surface area contributed by atoms with Crippen LogP contribution in [0.3, 0.4) is 0 Å². The first-order valence-corrected chi connectivity index (χ1v) is 9.49. The molecule has 1 N–H and O–H groups in total. The van der Waals surface area contributed by atoms with Gasteiger partial charge >= 0.3 is 6.18 Å². The maximum absolute atomic E-state index is 12.7. The highest BCUT2D eigenvalue weighted by atomic mass is 19.4. The summed E-state index contributed by atoms with van der Waals surface area (Å²) in [6.07, 6.45) is -3.01. The molecule has 2 heterocycles. The van der Waals surface area contributed by atoms with Crippen LogP contribution in [0.4, 0.5) is 13.2 Å². The Hall–Kier alpha value is -4.14. The van der Waals surface area contributed by atoms with E-state index in [2.05, 4.69) is 15.5 Å². The topological polar surface area (TPSA) is 77.2 Å². The number of nitrogens with one attached hydrogen (secondary N) is 1. The number of nitrogens with zero attached hydrogens (tertiary/aromatic N) is 2. The number of hydrogen-bond donors (Lipinski definition) is 1. The lowest BCUT2D eigenvalue weighted by molar-refractivity contribution is -0.137. The van der Waals surface area contributed by atoms with E-state index in [0.29, 0.717) is 34.2 Å². The van der Waals surface area contributed by atoms with E-state index in [1.165, 1.54) is 18.3 Å². The van der Waals surface area contributed by atoms with Gasteiger partial charge in [0.1, 0.15) is 11.4 Å². The molecule has 2 aromatic carbocycles. The molecule has 0 spiro atoms. The summed E-state index contributed by atoms with van der Waals surface area (Å²) >= 11 is 0. The lowest BCUT2D eigenvalue weighted by Gasteiger charge is -2.06. The summed E-state index contributed by atoms with van der Waals surface area (Å²) < 4.78 is 48.8. The number of ether oxygens (including phenoxy) is 1. The molecular weight excluding hydrogens is 423 g/mol. The summed E-state index contributed by atoms with van der Waals surface area (Å²) in [4.78, 5) is 16.5. The van der Waals surface area contributed by atoms with Gasteiger partial charge < -0.3 is 14.6 Å². The van der Waals surface area contributed by atoms with Gasteiger partial charge in [-0.15, -0.1) is 0 Å². The molecule has 6 nitrogen and oxygen atoms in total. The number of para-hydroxylation sites is 1. The molecule has 4 aromatic rings. The number of aromatic nitrogens is 2. The third-order valence-electron chi connectivity index (χ3n) is 4.45. The van der Waals surface area contributed by atoms with Crippen LogP contribution in [0.25, 0.3) is 11.3 Å². The van der Waals surface area contributed by atoms with Crippen LogP contribution in [-0.2, 0) is 12.7 Å². The van der Waals surface area contributed by atoms with Crippen molar-refractivity contribution in [3.63, 3.8) is 0 Å². The zero-order chi connectivity index (χ0) is 22.6. The predicted octanol–water partition coefficient (Wildman–Crippen LogP) is 5.48. The number of halogens is 3. The largest absolute Gasteiger partial charge is 0.439 e. The van der Waals surface area contributed by atoms with Crippen LogP contribution < -0.4 is 10.1 Å². The molecule has 0 aliphatic carbocycles. The highest BCUT2D eigenvalue weighted by Crippen LogP contribution is 2.30. The average molecular weight is 439 g/mol. The summed E-state index contributed by atoms with van der Waals surface area (Å²) in [5.41, 5.74) is 0.420. The zero-order valence-corrected chi connectivity index (χ0v) is 16.5. The van der Waals surface area contributed by atoms with E-state index in [-0.39, 0.29) is 12.5 Å². The zero-order valence-electron chi connectivity index (χ0n) is 16.5. The summed E-state index contributed by atoms with van der Waals surface area (Å²) in [5.74, 6) is 0.956. The first kappa shape index (κ1) is 21.1. The molecule has 0 aliphatic heterocycles. The van der Waals surface area contributed by atoms with Crippen LogP contribution in [0, 0.1) is 0 Å². The minimum absolute atomic E-state index is 0.0503. The molecule has 1 amide bonds. The van der Waals surface area contributed by atoms with Crippen LogP contribution >= 0.6 is 0 Å². The summed E-state index contributed by atoms with van der Waals surface area (Å²) in [5, 5.41) is 6.52. The number of rotatable bonds is 6. The fourth-order valence-electron chi connectivity index (χ4n) is 2.82. The molecule has 0 saturated heterocycles. The Morgan fingerprint density at radius 2 is 1.75 bits per heavy atom. The number of pyridine rings is 1. The SMILES string of the molecule is O=C(NCc1cc(-c2ccc(C(F)(F)F)cc2)no1)c1ccc(Oc2ccccc2)nc1. The van der Waals surface area contributed by atoms with Crippen molar-refractivity contribution in [2.45, 2.75) is 12.7 Å². The molecule has 9 heteroatoms. The van der Waals surface area contributed by atoms with Crippen molar-refractivity contribution in [3.8, 4) is 22.9 Å². The molecule has 0 bridgehead atoms. The highest BCUT2D eigenvalue weighted by molar-refractivity contribution is 5.93. The monoisotopic (exact) mass is 439 g/mol. The Bertz CT molecular complexity index is 1190. The normalized spacial score (nSPS) is 11.2. The Morgan fingerprint density at radius 1 is 1.00 bits per heavy atom. The van der Waals surface area contributed by atoms with Crippen molar-refractivity contribution in [3.05, 3.63) is 95.9 Å². The fraction of sp³-hybridized carbons (Fsp3) is 0.0870. The maximum atomic E-state index is 12.7. The van der Waals surface area contributed by atoms with Gasteiger partial charge in [0.15, 0.2) is 5.76 Å². The number of amides is 1. The van der Waals surface area contributed by atoms with Crippen LogP contribution in [0.2, 0.25) is 0 Å². The Balaban J connectivity index is 1.34. The average Bonchev–Trinajstić information content (AvgIpc) is 3.27. The smallest absolute Gasteiger partial charge is 0.416 e. The molecule has 0 saturated carbocycles. The summed E-state index contributed by atoms with van der Waals surface area (Å²) in [6, 6.07) is 18.4. The van der Waals surface area contributed by atoms with Gasteiger partial charge in [0, 0.05) is 23.9 Å². The lowest BCUT2D eigenvalue weighted by atomic mass is 10.1. The van der Waals surface area contributed by atoms with Gasteiger partial charge in [-0.25, -0.2) is 4.98 Å². The molecule has 162 valence electrons. The van der Waals surface area contributed by atoms with Crippen molar-refractivity contribution in [2.75, 3.05) is 0 Å². The summed E-state index contributed by atoms with van der Waals surface area (Å²) in [6.45, 7) is 0.0503. The van der Waals surface area contributed by atoms with E-state index >= 15 is 0 Å². The number of carbonyl (C=O) groups is 1. The van der Waals surface area contributed by atoms with E-state index in [1.807, 2.05) is 18.2 Å². The van der Waals surface area contributed by atoms with E-state index in [4.69, 9.17) is 9.26 Å². The van der Waals surface area contributed by atoms with Crippen molar-refractivity contribution < 1.29 is 27.2 Å². The molecular formula is C23H16F3N3O3. The second-order valence-electron chi connectivity index (χ2n) is 6.74. The number of alkyl halides is 3. The molecule has 32 heavy (non-hydrogen) atoms. The van der Waals surface area contributed by atoms with E-state index in [1.54, 1.807) is 30.3 Å². The molecule has 0 unspecified atom stereocenters. The van der Waals surface area contributed by atoms with Crippen LogP contribution in [0.1, 0.15) is 21.7 Å². The predicted molar refractivity (Wildman–Crippen MR) is 109 cm³/mol. The van der Waals surface area contributed by atoms with Crippen LogP contribution in [0.5, 0.6) is 11.6 Å². The Morgan fingerprint density at radius 3 is 2.41 bits per heavy atom. The molecule has 0 radical (unpaired) electrons. The van der Waals surface area contributed by atoms with E-state index < -0.39 is 11.7 Å². The minimum atomic E-state index is -4.40. The Kier molecular flexibility index (Phi) is 5.89. The quantitative estimate of drug-likeness (QED) is 0.431. The first-order valence-electron chi connectivity index (χ1n) is 9.49. The van der Waals surface area contributed by atoms with Gasteiger partial charge in [-0.1, -0.05) is 35.5 Å². The van der Waals surface area contributed by atoms with Crippen molar-refractivity contribution in [1.82, 2.24) is 15.5 Å². The first-order chi connectivity index (χ1) is 15.4.